The van der Waals surface area contributed by atoms with Gasteiger partial charge in [-0.1, -0.05) is 17.3 Å². The van der Waals surface area contributed by atoms with Gasteiger partial charge in [0.25, 0.3) is 5.89 Å². The highest BCUT2D eigenvalue weighted by Gasteiger charge is 2.08. The van der Waals surface area contributed by atoms with Crippen LogP contribution >= 0.6 is 0 Å². The van der Waals surface area contributed by atoms with Gasteiger partial charge in [-0.3, -0.25) is 0 Å². The Morgan fingerprint density at radius 2 is 2.30 bits per heavy atom. The van der Waals surface area contributed by atoms with E-state index in [1.807, 2.05) is 24.3 Å². The Kier molecular flexibility index (Phi) is 4.67. The van der Waals surface area contributed by atoms with Crippen molar-refractivity contribution >= 4 is 5.97 Å². The number of aliphatic carboxylic acids is 1. The highest BCUT2D eigenvalue weighted by molar-refractivity contribution is 5.67. The fourth-order valence-corrected chi connectivity index (χ4v) is 1.61. The number of hydrogen-bond acceptors (Lipinski definition) is 6. The molecule has 0 atom stereocenters. The van der Waals surface area contributed by atoms with E-state index in [0.717, 1.165) is 11.3 Å². The Labute approximate surface area is 115 Å². The van der Waals surface area contributed by atoms with Crippen molar-refractivity contribution in [1.29, 1.82) is 0 Å². The van der Waals surface area contributed by atoms with Crippen LogP contribution in [0.25, 0.3) is 0 Å². The highest BCUT2D eigenvalue weighted by atomic mass is 16.5. The van der Waals surface area contributed by atoms with E-state index >= 15 is 0 Å². The Hall–Kier alpha value is -2.41. The van der Waals surface area contributed by atoms with Gasteiger partial charge >= 0.3 is 5.97 Å². The maximum Gasteiger partial charge on any atom is 0.329 e. The molecule has 7 heteroatoms. The molecule has 0 fully saturated rings. The topological polar surface area (TPSA) is 94.7 Å². The van der Waals surface area contributed by atoms with Gasteiger partial charge in [0.05, 0.1) is 7.11 Å². The average molecular weight is 278 g/mol. The third kappa shape index (κ3) is 4.06. The lowest BCUT2D eigenvalue weighted by Crippen LogP contribution is -2.06. The minimum absolute atomic E-state index is 0.0165. The molecule has 2 rings (SSSR count). The smallest absolute Gasteiger partial charge is 0.329 e. The Balaban J connectivity index is 1.93. The third-order valence-corrected chi connectivity index (χ3v) is 2.46. The SMILES string of the molecule is COc1cccc(Cc2noc(COCC(=O)O)n2)c1. The summed E-state index contributed by atoms with van der Waals surface area (Å²) in [7, 11) is 1.60. The second-order valence-corrected chi connectivity index (χ2v) is 4.02. The zero-order valence-electron chi connectivity index (χ0n) is 10.9. The number of aromatic nitrogens is 2. The summed E-state index contributed by atoms with van der Waals surface area (Å²) in [6.07, 6.45) is 0.500. The van der Waals surface area contributed by atoms with Crippen molar-refractivity contribution in [2.45, 2.75) is 13.0 Å². The molecule has 106 valence electrons. The fourth-order valence-electron chi connectivity index (χ4n) is 1.61. The van der Waals surface area contributed by atoms with Crippen LogP contribution in [0.3, 0.4) is 0 Å². The quantitative estimate of drug-likeness (QED) is 0.814. The molecule has 0 aliphatic rings. The summed E-state index contributed by atoms with van der Waals surface area (Å²) in [5, 5.41) is 12.2. The molecule has 1 N–H and O–H groups in total. The first-order valence-corrected chi connectivity index (χ1v) is 5.91. The summed E-state index contributed by atoms with van der Waals surface area (Å²) in [6, 6.07) is 7.55. The molecule has 0 saturated carbocycles. The largest absolute Gasteiger partial charge is 0.497 e. The van der Waals surface area contributed by atoms with Gasteiger partial charge in [0.1, 0.15) is 19.0 Å². The maximum absolute atomic E-state index is 10.3. The van der Waals surface area contributed by atoms with E-state index in [4.69, 9.17) is 19.1 Å². The minimum atomic E-state index is -1.04. The molecule has 0 amide bonds. The van der Waals surface area contributed by atoms with Crippen LogP contribution in [0.15, 0.2) is 28.8 Å². The Bertz CT molecular complexity index is 582. The van der Waals surface area contributed by atoms with Gasteiger partial charge in [-0.2, -0.15) is 4.98 Å². The molecule has 1 heterocycles. The molecule has 2 aromatic rings. The van der Waals surface area contributed by atoms with E-state index in [-0.39, 0.29) is 12.5 Å². The molecule has 0 aliphatic carbocycles. The number of ether oxygens (including phenoxy) is 2. The lowest BCUT2D eigenvalue weighted by Gasteiger charge is -2.01. The van der Waals surface area contributed by atoms with Crippen molar-refractivity contribution < 1.29 is 23.9 Å². The van der Waals surface area contributed by atoms with Crippen molar-refractivity contribution in [2.75, 3.05) is 13.7 Å². The number of methoxy groups -OCH3 is 1. The summed E-state index contributed by atoms with van der Waals surface area (Å²) < 4.78 is 15.0. The lowest BCUT2D eigenvalue weighted by molar-refractivity contribution is -0.142. The van der Waals surface area contributed by atoms with E-state index in [9.17, 15) is 4.79 Å². The first kappa shape index (κ1) is 14.0. The van der Waals surface area contributed by atoms with E-state index in [1.165, 1.54) is 0 Å². The average Bonchev–Trinajstić information content (AvgIpc) is 2.86. The third-order valence-electron chi connectivity index (χ3n) is 2.46. The second-order valence-electron chi connectivity index (χ2n) is 4.02. The molecular formula is C13H14N2O5. The van der Waals surface area contributed by atoms with E-state index in [2.05, 4.69) is 10.1 Å². The standard InChI is InChI=1S/C13H14N2O5/c1-18-10-4-2-3-9(5-10)6-11-14-12(20-15-11)7-19-8-13(16)17/h2-5H,6-8H2,1H3,(H,16,17). The van der Waals surface area contributed by atoms with Gasteiger partial charge in [0.15, 0.2) is 5.82 Å². The molecule has 1 aromatic carbocycles. The Morgan fingerprint density at radius 1 is 1.45 bits per heavy atom. The van der Waals surface area contributed by atoms with E-state index < -0.39 is 12.6 Å². The summed E-state index contributed by atoms with van der Waals surface area (Å²) in [5.74, 6) is 0.480. The number of nitrogens with zero attached hydrogens (tertiary/aromatic N) is 2. The molecule has 7 nitrogen and oxygen atoms in total. The van der Waals surface area contributed by atoms with Crippen molar-refractivity contribution in [1.82, 2.24) is 10.1 Å². The summed E-state index contributed by atoms with van der Waals surface area (Å²) in [5.41, 5.74) is 0.989. The summed E-state index contributed by atoms with van der Waals surface area (Å²) in [4.78, 5) is 14.4. The van der Waals surface area contributed by atoms with E-state index in [1.54, 1.807) is 7.11 Å². The highest BCUT2D eigenvalue weighted by Crippen LogP contribution is 2.15. The zero-order chi connectivity index (χ0) is 14.4. The number of benzene rings is 1. The van der Waals surface area contributed by atoms with Crippen LogP contribution < -0.4 is 4.74 Å². The number of rotatable bonds is 7. The molecule has 0 bridgehead atoms. The second kappa shape index (κ2) is 6.67. The molecule has 1 aromatic heterocycles. The lowest BCUT2D eigenvalue weighted by atomic mass is 10.1. The summed E-state index contributed by atoms with van der Waals surface area (Å²) >= 11 is 0. The van der Waals surface area contributed by atoms with Gasteiger partial charge in [-0.25, -0.2) is 4.79 Å². The van der Waals surface area contributed by atoms with Gasteiger partial charge in [-0.05, 0) is 17.7 Å². The predicted octanol–water partition coefficient (Wildman–Crippen LogP) is 1.27. The predicted molar refractivity (Wildman–Crippen MR) is 67.4 cm³/mol. The molecule has 0 spiro atoms. The number of carboxylic acid groups (broad SMARTS) is 1. The Morgan fingerprint density at radius 3 is 3.05 bits per heavy atom. The normalized spacial score (nSPS) is 10.4. The van der Waals surface area contributed by atoms with Gasteiger partial charge in [0, 0.05) is 6.42 Å². The molecular weight excluding hydrogens is 264 g/mol. The van der Waals surface area contributed by atoms with Crippen LogP contribution in [-0.4, -0.2) is 34.9 Å². The number of hydrogen-bond donors (Lipinski definition) is 1. The van der Waals surface area contributed by atoms with Crippen LogP contribution in [0.1, 0.15) is 17.3 Å². The van der Waals surface area contributed by atoms with Crippen LogP contribution in [0.5, 0.6) is 5.75 Å². The monoisotopic (exact) mass is 278 g/mol. The number of carbonyl (C=O) groups is 1. The summed E-state index contributed by atoms with van der Waals surface area (Å²) in [6.45, 7) is -0.412. The maximum atomic E-state index is 10.3. The van der Waals surface area contributed by atoms with E-state index in [0.29, 0.717) is 12.2 Å². The van der Waals surface area contributed by atoms with Crippen LogP contribution in [0, 0.1) is 0 Å². The van der Waals surface area contributed by atoms with Gasteiger partial charge < -0.3 is 19.1 Å². The van der Waals surface area contributed by atoms with Crippen LogP contribution in [0.4, 0.5) is 0 Å². The molecule has 0 unspecified atom stereocenters. The zero-order valence-corrected chi connectivity index (χ0v) is 10.9. The molecule has 20 heavy (non-hydrogen) atoms. The fraction of sp³-hybridized carbons (Fsp3) is 0.308. The van der Waals surface area contributed by atoms with Crippen LogP contribution in [-0.2, 0) is 22.6 Å². The first-order valence-electron chi connectivity index (χ1n) is 5.91. The van der Waals surface area contributed by atoms with Crippen molar-refractivity contribution in [2.24, 2.45) is 0 Å². The molecule has 0 radical (unpaired) electrons. The van der Waals surface area contributed by atoms with Crippen molar-refractivity contribution in [3.05, 3.63) is 41.5 Å². The minimum Gasteiger partial charge on any atom is -0.497 e. The molecule has 0 saturated heterocycles. The first-order chi connectivity index (χ1) is 9.67. The van der Waals surface area contributed by atoms with Gasteiger partial charge in [-0.15, -0.1) is 0 Å². The van der Waals surface area contributed by atoms with Crippen molar-refractivity contribution in [3.63, 3.8) is 0 Å². The van der Waals surface area contributed by atoms with Gasteiger partial charge in [0.2, 0.25) is 0 Å². The molecule has 0 aliphatic heterocycles. The van der Waals surface area contributed by atoms with Crippen molar-refractivity contribution in [3.8, 4) is 5.75 Å². The number of carboxylic acids is 1. The van der Waals surface area contributed by atoms with Crippen LogP contribution in [0.2, 0.25) is 0 Å².